The van der Waals surface area contributed by atoms with Crippen LogP contribution in [0.15, 0.2) is 45.9 Å². The van der Waals surface area contributed by atoms with Gasteiger partial charge in [-0.15, -0.1) is 0 Å². The molecule has 0 aliphatic heterocycles. The molecule has 1 N–H and O–H groups in total. The molecule has 0 saturated heterocycles. The monoisotopic (exact) mass is 399 g/mol. The Balaban J connectivity index is 1.79. The highest BCUT2D eigenvalue weighted by molar-refractivity contribution is 5.97. The summed E-state index contributed by atoms with van der Waals surface area (Å²) in [6.45, 7) is 0. The van der Waals surface area contributed by atoms with Crippen molar-refractivity contribution in [1.29, 1.82) is 0 Å². The first-order chi connectivity index (χ1) is 14.0. The van der Waals surface area contributed by atoms with Crippen LogP contribution in [0.4, 0.5) is 5.69 Å². The van der Waals surface area contributed by atoms with Crippen LogP contribution in [-0.2, 0) is 0 Å². The van der Waals surface area contributed by atoms with Crippen LogP contribution in [0.2, 0.25) is 0 Å². The molecule has 3 aromatic rings. The number of nitro benzene ring substituents is 1. The molecule has 3 rings (SSSR count). The van der Waals surface area contributed by atoms with E-state index in [4.69, 9.17) is 18.6 Å². The number of furan rings is 1. The van der Waals surface area contributed by atoms with Crippen molar-refractivity contribution in [3.63, 3.8) is 0 Å². The number of hydrazone groups is 1. The van der Waals surface area contributed by atoms with Gasteiger partial charge >= 0.3 is 5.91 Å². The van der Waals surface area contributed by atoms with Gasteiger partial charge in [0.1, 0.15) is 5.58 Å². The molecule has 0 aliphatic rings. The highest BCUT2D eigenvalue weighted by atomic mass is 16.6. The first-order valence-electron chi connectivity index (χ1n) is 8.28. The maximum atomic E-state index is 12.3. The second kappa shape index (κ2) is 8.30. The van der Waals surface area contributed by atoms with Crippen LogP contribution >= 0.6 is 0 Å². The summed E-state index contributed by atoms with van der Waals surface area (Å²) in [5, 5.41) is 15.2. The summed E-state index contributed by atoms with van der Waals surface area (Å²) in [4.78, 5) is 22.6. The highest BCUT2D eigenvalue weighted by Gasteiger charge is 2.16. The van der Waals surface area contributed by atoms with E-state index in [2.05, 4.69) is 10.5 Å². The number of nitro groups is 1. The van der Waals surface area contributed by atoms with E-state index < -0.39 is 10.8 Å². The van der Waals surface area contributed by atoms with Crippen molar-refractivity contribution in [2.75, 3.05) is 21.3 Å². The molecular weight excluding hydrogens is 382 g/mol. The van der Waals surface area contributed by atoms with E-state index in [1.165, 1.54) is 51.8 Å². The van der Waals surface area contributed by atoms with Gasteiger partial charge in [-0.2, -0.15) is 5.10 Å². The third-order valence-electron chi connectivity index (χ3n) is 4.04. The standard InChI is InChI=1S/C19H17N3O7/c1-26-15-6-4-11(17(27-2)18(15)28-3)10-20-21-19(23)16-9-12-8-13(22(24)25)5-7-14(12)29-16/h4-10H,1-3H3,(H,21,23)/b20-10+. The lowest BCUT2D eigenvalue weighted by molar-refractivity contribution is -0.384. The van der Waals surface area contributed by atoms with Crippen molar-refractivity contribution in [3.05, 3.63) is 57.8 Å². The molecule has 0 unspecified atom stereocenters. The summed E-state index contributed by atoms with van der Waals surface area (Å²) in [6.07, 6.45) is 1.38. The minimum atomic E-state index is -0.612. The largest absolute Gasteiger partial charge is 0.493 e. The first-order valence-corrected chi connectivity index (χ1v) is 8.28. The van der Waals surface area contributed by atoms with E-state index in [0.29, 0.717) is 33.8 Å². The third kappa shape index (κ3) is 3.95. The van der Waals surface area contributed by atoms with Crippen molar-refractivity contribution in [3.8, 4) is 17.2 Å². The second-order valence-electron chi connectivity index (χ2n) is 5.71. The summed E-state index contributed by atoms with van der Waals surface area (Å²) in [6, 6.07) is 8.83. The number of carbonyl (C=O) groups excluding carboxylic acids is 1. The zero-order valence-electron chi connectivity index (χ0n) is 15.8. The van der Waals surface area contributed by atoms with E-state index in [1.54, 1.807) is 12.1 Å². The zero-order chi connectivity index (χ0) is 21.0. The molecule has 0 aliphatic carbocycles. The van der Waals surface area contributed by atoms with Crippen LogP contribution in [0.1, 0.15) is 16.1 Å². The summed E-state index contributed by atoms with van der Waals surface area (Å²) >= 11 is 0. The fourth-order valence-electron chi connectivity index (χ4n) is 2.70. The lowest BCUT2D eigenvalue weighted by atomic mass is 10.2. The van der Waals surface area contributed by atoms with Crippen molar-refractivity contribution in [2.24, 2.45) is 5.10 Å². The Morgan fingerprint density at radius 3 is 2.52 bits per heavy atom. The Labute approximate surface area is 164 Å². The van der Waals surface area contributed by atoms with E-state index >= 15 is 0 Å². The Kier molecular flexibility index (Phi) is 5.63. The van der Waals surface area contributed by atoms with Crippen LogP contribution in [0.5, 0.6) is 17.2 Å². The number of hydrogen-bond donors (Lipinski definition) is 1. The normalized spacial score (nSPS) is 10.9. The van der Waals surface area contributed by atoms with Gasteiger partial charge in [0.25, 0.3) is 5.69 Å². The number of nitrogens with one attached hydrogen (secondary N) is 1. The average Bonchev–Trinajstić information content (AvgIpc) is 3.16. The average molecular weight is 399 g/mol. The summed E-state index contributed by atoms with van der Waals surface area (Å²) in [5.74, 6) is 0.628. The molecule has 150 valence electrons. The minimum Gasteiger partial charge on any atom is -0.493 e. The predicted molar refractivity (Wildman–Crippen MR) is 104 cm³/mol. The van der Waals surface area contributed by atoms with Crippen LogP contribution in [0.3, 0.4) is 0 Å². The number of hydrogen-bond acceptors (Lipinski definition) is 8. The molecule has 0 spiro atoms. The van der Waals surface area contributed by atoms with Crippen LogP contribution in [0, 0.1) is 10.1 Å². The van der Waals surface area contributed by atoms with Gasteiger partial charge in [0.15, 0.2) is 17.3 Å². The predicted octanol–water partition coefficient (Wildman–Crippen LogP) is 3.13. The Morgan fingerprint density at radius 2 is 1.86 bits per heavy atom. The Morgan fingerprint density at radius 1 is 1.10 bits per heavy atom. The quantitative estimate of drug-likeness (QED) is 0.367. The summed E-state index contributed by atoms with van der Waals surface area (Å²) < 4.78 is 21.3. The van der Waals surface area contributed by atoms with E-state index in [1.807, 2.05) is 0 Å². The summed E-state index contributed by atoms with van der Waals surface area (Å²) in [7, 11) is 4.46. The van der Waals surface area contributed by atoms with Gasteiger partial charge in [0.2, 0.25) is 5.75 Å². The maximum absolute atomic E-state index is 12.3. The van der Waals surface area contributed by atoms with Gasteiger partial charge in [-0.3, -0.25) is 14.9 Å². The van der Waals surface area contributed by atoms with Gasteiger partial charge in [0, 0.05) is 23.1 Å². The summed E-state index contributed by atoms with van der Waals surface area (Å²) in [5.41, 5.74) is 3.14. The number of ether oxygens (including phenoxy) is 3. The molecule has 0 radical (unpaired) electrons. The SMILES string of the molecule is COc1ccc(/C=N/NC(=O)c2cc3cc([N+](=O)[O-])ccc3o2)c(OC)c1OC. The minimum absolute atomic E-state index is 0.0306. The number of fused-ring (bicyclic) bond motifs is 1. The number of carbonyl (C=O) groups is 1. The van der Waals surface area contributed by atoms with Crippen molar-refractivity contribution in [1.82, 2.24) is 5.43 Å². The lowest BCUT2D eigenvalue weighted by Gasteiger charge is -2.13. The number of rotatable bonds is 7. The topological polar surface area (TPSA) is 125 Å². The molecule has 0 bridgehead atoms. The van der Waals surface area contributed by atoms with Crippen molar-refractivity contribution < 1.29 is 28.3 Å². The molecule has 1 amide bonds. The molecule has 0 fully saturated rings. The van der Waals surface area contributed by atoms with Gasteiger partial charge in [-0.05, 0) is 24.3 Å². The van der Waals surface area contributed by atoms with Gasteiger partial charge in [0.05, 0.1) is 32.5 Å². The van der Waals surface area contributed by atoms with E-state index in [0.717, 1.165) is 0 Å². The molecule has 0 atom stereocenters. The maximum Gasteiger partial charge on any atom is 0.307 e. The Bertz CT molecular complexity index is 1100. The van der Waals surface area contributed by atoms with Gasteiger partial charge < -0.3 is 18.6 Å². The number of benzene rings is 2. The van der Waals surface area contributed by atoms with Crippen LogP contribution < -0.4 is 19.6 Å². The first kappa shape index (κ1) is 19.7. The Hall–Kier alpha value is -4.08. The number of nitrogens with zero attached hydrogens (tertiary/aromatic N) is 2. The van der Waals surface area contributed by atoms with Crippen molar-refractivity contribution in [2.45, 2.75) is 0 Å². The molecule has 2 aromatic carbocycles. The second-order valence-corrected chi connectivity index (χ2v) is 5.71. The van der Waals surface area contributed by atoms with E-state index in [-0.39, 0.29) is 11.4 Å². The molecule has 10 nitrogen and oxygen atoms in total. The fraction of sp³-hybridized carbons (Fsp3) is 0.158. The van der Waals surface area contributed by atoms with Gasteiger partial charge in [-0.25, -0.2) is 5.43 Å². The molecular formula is C19H17N3O7. The lowest BCUT2D eigenvalue weighted by Crippen LogP contribution is -2.16. The third-order valence-corrected chi connectivity index (χ3v) is 4.04. The molecule has 1 aromatic heterocycles. The van der Waals surface area contributed by atoms with Crippen LogP contribution in [0.25, 0.3) is 11.0 Å². The molecule has 10 heteroatoms. The van der Waals surface area contributed by atoms with Crippen LogP contribution in [-0.4, -0.2) is 38.4 Å². The number of amides is 1. The van der Waals surface area contributed by atoms with Gasteiger partial charge in [-0.1, -0.05) is 0 Å². The zero-order valence-corrected chi connectivity index (χ0v) is 15.8. The number of non-ortho nitro benzene ring substituents is 1. The highest BCUT2D eigenvalue weighted by Crippen LogP contribution is 2.38. The smallest absolute Gasteiger partial charge is 0.307 e. The van der Waals surface area contributed by atoms with Crippen molar-refractivity contribution >= 4 is 28.8 Å². The fourth-order valence-corrected chi connectivity index (χ4v) is 2.70. The number of methoxy groups -OCH3 is 3. The van der Waals surface area contributed by atoms with E-state index in [9.17, 15) is 14.9 Å². The molecule has 29 heavy (non-hydrogen) atoms. The molecule has 0 saturated carbocycles. The molecule has 1 heterocycles.